The molecule has 20 heavy (non-hydrogen) atoms. The standard InChI is InChI=1S/C17H26N2O/c1-12-15(18)10-9-14(17(12,2)3)16(20)19-11-13-7-5-4-6-8-13/h4-8,12,14-15H,9-11,18H2,1-3H3,(H,19,20). The van der Waals surface area contributed by atoms with Crippen molar-refractivity contribution in [3.63, 3.8) is 0 Å². The Morgan fingerprint density at radius 1 is 1.30 bits per heavy atom. The Morgan fingerprint density at radius 2 is 1.95 bits per heavy atom. The third-order valence-corrected chi connectivity index (χ3v) is 5.13. The summed E-state index contributed by atoms with van der Waals surface area (Å²) in [6.07, 6.45) is 1.83. The van der Waals surface area contributed by atoms with Gasteiger partial charge in [0.15, 0.2) is 0 Å². The Bertz CT molecular complexity index is 455. The van der Waals surface area contributed by atoms with Gasteiger partial charge in [-0.15, -0.1) is 0 Å². The summed E-state index contributed by atoms with van der Waals surface area (Å²) in [5.74, 6) is 0.586. The molecule has 1 aliphatic rings. The van der Waals surface area contributed by atoms with Gasteiger partial charge in [-0.3, -0.25) is 4.79 Å². The van der Waals surface area contributed by atoms with E-state index < -0.39 is 0 Å². The molecule has 0 aromatic heterocycles. The molecule has 1 saturated carbocycles. The minimum atomic E-state index is -0.0432. The van der Waals surface area contributed by atoms with Gasteiger partial charge < -0.3 is 11.1 Å². The van der Waals surface area contributed by atoms with Crippen LogP contribution in [0.25, 0.3) is 0 Å². The van der Waals surface area contributed by atoms with Gasteiger partial charge in [-0.25, -0.2) is 0 Å². The molecule has 0 radical (unpaired) electrons. The van der Waals surface area contributed by atoms with Crippen molar-refractivity contribution < 1.29 is 4.79 Å². The van der Waals surface area contributed by atoms with Crippen LogP contribution < -0.4 is 11.1 Å². The number of rotatable bonds is 3. The van der Waals surface area contributed by atoms with Crippen LogP contribution in [0.4, 0.5) is 0 Å². The van der Waals surface area contributed by atoms with E-state index >= 15 is 0 Å². The fraction of sp³-hybridized carbons (Fsp3) is 0.588. The van der Waals surface area contributed by atoms with Crippen LogP contribution in [0, 0.1) is 17.3 Å². The summed E-state index contributed by atoms with van der Waals surface area (Å²) in [4.78, 5) is 12.5. The van der Waals surface area contributed by atoms with Crippen molar-refractivity contribution >= 4 is 5.91 Å². The fourth-order valence-corrected chi connectivity index (χ4v) is 3.23. The zero-order chi connectivity index (χ0) is 14.8. The average molecular weight is 274 g/mol. The number of benzene rings is 1. The second kappa shape index (κ2) is 5.96. The van der Waals surface area contributed by atoms with Crippen molar-refractivity contribution in [3.8, 4) is 0 Å². The number of hydrogen-bond donors (Lipinski definition) is 2. The Labute approximate surface area is 121 Å². The molecule has 3 N–H and O–H groups in total. The number of carbonyl (C=O) groups excluding carboxylic acids is 1. The smallest absolute Gasteiger partial charge is 0.223 e. The van der Waals surface area contributed by atoms with Gasteiger partial charge in [0.25, 0.3) is 0 Å². The predicted octanol–water partition coefficient (Wildman–Crippen LogP) is 2.70. The number of nitrogens with two attached hydrogens (primary N) is 1. The van der Waals surface area contributed by atoms with E-state index in [4.69, 9.17) is 5.73 Å². The van der Waals surface area contributed by atoms with E-state index in [-0.39, 0.29) is 23.3 Å². The van der Waals surface area contributed by atoms with Gasteiger partial charge in [-0.1, -0.05) is 51.1 Å². The number of hydrogen-bond acceptors (Lipinski definition) is 2. The Hall–Kier alpha value is -1.35. The first-order valence-electron chi connectivity index (χ1n) is 7.50. The molecule has 0 saturated heterocycles. The minimum Gasteiger partial charge on any atom is -0.352 e. The maximum absolute atomic E-state index is 12.5. The monoisotopic (exact) mass is 274 g/mol. The maximum atomic E-state index is 12.5. The topological polar surface area (TPSA) is 55.1 Å². The van der Waals surface area contributed by atoms with Gasteiger partial charge in [-0.2, -0.15) is 0 Å². The second-order valence-electron chi connectivity index (χ2n) is 6.61. The molecular weight excluding hydrogens is 248 g/mol. The van der Waals surface area contributed by atoms with E-state index in [1.807, 2.05) is 30.3 Å². The van der Waals surface area contributed by atoms with E-state index in [9.17, 15) is 4.79 Å². The Kier molecular flexibility index (Phi) is 4.48. The van der Waals surface area contributed by atoms with E-state index in [0.29, 0.717) is 12.5 Å². The van der Waals surface area contributed by atoms with E-state index in [0.717, 1.165) is 18.4 Å². The molecule has 1 aromatic rings. The van der Waals surface area contributed by atoms with Crippen LogP contribution in [0.2, 0.25) is 0 Å². The first-order chi connectivity index (χ1) is 9.43. The summed E-state index contributed by atoms with van der Waals surface area (Å²) in [6, 6.07) is 10.2. The van der Waals surface area contributed by atoms with Crippen molar-refractivity contribution in [2.24, 2.45) is 23.0 Å². The summed E-state index contributed by atoms with van der Waals surface area (Å²) in [5.41, 5.74) is 7.24. The lowest BCUT2D eigenvalue weighted by Gasteiger charge is -2.46. The highest BCUT2D eigenvalue weighted by atomic mass is 16.1. The first-order valence-corrected chi connectivity index (χ1v) is 7.50. The van der Waals surface area contributed by atoms with Crippen LogP contribution in [0.15, 0.2) is 30.3 Å². The lowest BCUT2D eigenvalue weighted by Crippen LogP contribution is -2.51. The van der Waals surface area contributed by atoms with E-state index in [1.165, 1.54) is 0 Å². The molecule has 0 bridgehead atoms. The van der Waals surface area contributed by atoms with Crippen LogP contribution in [0.3, 0.4) is 0 Å². The molecule has 3 unspecified atom stereocenters. The minimum absolute atomic E-state index is 0.0432. The van der Waals surface area contributed by atoms with Crippen LogP contribution >= 0.6 is 0 Å². The second-order valence-corrected chi connectivity index (χ2v) is 6.61. The normalized spacial score (nSPS) is 28.9. The van der Waals surface area contributed by atoms with Crippen LogP contribution in [-0.4, -0.2) is 11.9 Å². The summed E-state index contributed by atoms with van der Waals surface area (Å²) in [7, 11) is 0. The summed E-state index contributed by atoms with van der Waals surface area (Å²) >= 11 is 0. The highest BCUT2D eigenvalue weighted by Crippen LogP contribution is 2.44. The number of nitrogens with one attached hydrogen (secondary N) is 1. The quantitative estimate of drug-likeness (QED) is 0.890. The number of amides is 1. The van der Waals surface area contributed by atoms with E-state index in [2.05, 4.69) is 26.1 Å². The van der Waals surface area contributed by atoms with Crippen molar-refractivity contribution in [1.29, 1.82) is 0 Å². The lowest BCUT2D eigenvalue weighted by atomic mass is 9.61. The van der Waals surface area contributed by atoms with Crippen LogP contribution in [0.5, 0.6) is 0 Å². The SMILES string of the molecule is CC1C(N)CCC(C(=O)NCc2ccccc2)C1(C)C. The van der Waals surface area contributed by atoms with Gasteiger partial charge in [0.2, 0.25) is 5.91 Å². The molecule has 2 rings (SSSR count). The van der Waals surface area contributed by atoms with Gasteiger partial charge in [-0.05, 0) is 29.7 Å². The molecule has 0 aliphatic heterocycles. The zero-order valence-electron chi connectivity index (χ0n) is 12.7. The van der Waals surface area contributed by atoms with Gasteiger partial charge in [0.05, 0.1) is 0 Å². The molecule has 3 nitrogen and oxygen atoms in total. The van der Waals surface area contributed by atoms with Crippen LogP contribution in [0.1, 0.15) is 39.2 Å². The van der Waals surface area contributed by atoms with E-state index in [1.54, 1.807) is 0 Å². The van der Waals surface area contributed by atoms with Gasteiger partial charge in [0, 0.05) is 18.5 Å². The average Bonchev–Trinajstić information content (AvgIpc) is 2.43. The third kappa shape index (κ3) is 3.04. The molecule has 3 heteroatoms. The summed E-state index contributed by atoms with van der Waals surface area (Å²) in [6.45, 7) is 7.11. The molecule has 0 heterocycles. The zero-order valence-corrected chi connectivity index (χ0v) is 12.7. The predicted molar refractivity (Wildman–Crippen MR) is 81.9 cm³/mol. The van der Waals surface area contributed by atoms with Crippen LogP contribution in [-0.2, 0) is 11.3 Å². The third-order valence-electron chi connectivity index (χ3n) is 5.13. The summed E-state index contributed by atoms with van der Waals surface area (Å²) in [5, 5.41) is 3.08. The number of carbonyl (C=O) groups is 1. The summed E-state index contributed by atoms with van der Waals surface area (Å²) < 4.78 is 0. The lowest BCUT2D eigenvalue weighted by molar-refractivity contribution is -0.132. The molecule has 1 fully saturated rings. The first kappa shape index (κ1) is 15.0. The van der Waals surface area contributed by atoms with Crippen molar-refractivity contribution in [2.45, 2.75) is 46.2 Å². The Balaban J connectivity index is 1.98. The Morgan fingerprint density at radius 3 is 2.60 bits per heavy atom. The molecular formula is C17H26N2O. The molecule has 110 valence electrons. The van der Waals surface area contributed by atoms with Crippen molar-refractivity contribution in [1.82, 2.24) is 5.32 Å². The largest absolute Gasteiger partial charge is 0.352 e. The molecule has 0 spiro atoms. The van der Waals surface area contributed by atoms with Crippen molar-refractivity contribution in [3.05, 3.63) is 35.9 Å². The highest BCUT2D eigenvalue weighted by Gasteiger charge is 2.44. The van der Waals surface area contributed by atoms with Gasteiger partial charge in [0.1, 0.15) is 0 Å². The fourth-order valence-electron chi connectivity index (χ4n) is 3.23. The molecule has 1 amide bonds. The highest BCUT2D eigenvalue weighted by molar-refractivity contribution is 5.79. The molecule has 3 atom stereocenters. The molecule has 1 aromatic carbocycles. The maximum Gasteiger partial charge on any atom is 0.223 e. The molecule has 1 aliphatic carbocycles. The van der Waals surface area contributed by atoms with Crippen molar-refractivity contribution in [2.75, 3.05) is 0 Å². The van der Waals surface area contributed by atoms with Gasteiger partial charge >= 0.3 is 0 Å².